The lowest BCUT2D eigenvalue weighted by molar-refractivity contribution is -0.0174. The first kappa shape index (κ1) is 17.1. The minimum Gasteiger partial charge on any atom is -0.494 e. The Balaban J connectivity index is 1.64. The molecule has 2 fully saturated rings. The van der Waals surface area contributed by atoms with E-state index in [0.717, 1.165) is 32.7 Å². The second-order valence-electron chi connectivity index (χ2n) is 6.74. The molecule has 0 aromatic carbocycles. The highest BCUT2D eigenvalue weighted by molar-refractivity contribution is 5.90. The van der Waals surface area contributed by atoms with Crippen LogP contribution in [0.25, 0.3) is 0 Å². The number of likely N-dealkylation sites (tertiary alicyclic amines) is 1. The van der Waals surface area contributed by atoms with Gasteiger partial charge in [-0.15, -0.1) is 0 Å². The van der Waals surface area contributed by atoms with Gasteiger partial charge in [-0.3, -0.25) is 9.69 Å². The molecule has 2 aliphatic rings. The van der Waals surface area contributed by atoms with Crippen LogP contribution in [0.15, 0.2) is 12.4 Å². The van der Waals surface area contributed by atoms with E-state index in [4.69, 9.17) is 9.47 Å². The van der Waals surface area contributed by atoms with Crippen molar-refractivity contribution >= 4 is 5.91 Å². The average molecular weight is 334 g/mol. The molecular weight excluding hydrogens is 308 g/mol. The Labute approximate surface area is 143 Å². The number of ether oxygens (including phenoxy) is 2. The molecule has 0 radical (unpaired) electrons. The smallest absolute Gasteiger partial charge is 0.291 e. The molecule has 2 saturated heterocycles. The third-order valence-electron chi connectivity index (χ3n) is 4.95. The van der Waals surface area contributed by atoms with Crippen molar-refractivity contribution in [2.24, 2.45) is 5.92 Å². The van der Waals surface area contributed by atoms with E-state index in [-0.39, 0.29) is 17.8 Å². The van der Waals surface area contributed by atoms with Crippen molar-refractivity contribution in [3.8, 4) is 5.75 Å². The molecule has 0 aliphatic carbocycles. The van der Waals surface area contributed by atoms with Gasteiger partial charge < -0.3 is 14.4 Å². The molecule has 0 bridgehead atoms. The Bertz CT molecular complexity index is 563. The predicted octanol–water partition coefficient (Wildman–Crippen LogP) is 1.06. The number of hydrogen-bond acceptors (Lipinski definition) is 6. The number of nitrogens with zero attached hydrogens (tertiary/aromatic N) is 4. The molecule has 0 N–H and O–H groups in total. The van der Waals surface area contributed by atoms with E-state index in [9.17, 15) is 4.79 Å². The van der Waals surface area contributed by atoms with Crippen LogP contribution in [0.4, 0.5) is 0 Å². The lowest BCUT2D eigenvalue weighted by Crippen LogP contribution is -2.49. The van der Waals surface area contributed by atoms with Crippen LogP contribution in [-0.2, 0) is 4.74 Å². The zero-order valence-electron chi connectivity index (χ0n) is 14.6. The van der Waals surface area contributed by atoms with E-state index < -0.39 is 0 Å². The SMILES string of the molecule is COc1cnc(C(=O)N2CCC3CN(C(C)C)CCOC3C2)nc1. The van der Waals surface area contributed by atoms with Gasteiger partial charge in [0.25, 0.3) is 5.91 Å². The molecule has 1 aromatic heterocycles. The summed E-state index contributed by atoms with van der Waals surface area (Å²) in [5.74, 6) is 1.11. The van der Waals surface area contributed by atoms with Crippen LogP contribution in [0.2, 0.25) is 0 Å². The maximum absolute atomic E-state index is 12.6. The van der Waals surface area contributed by atoms with Crippen LogP contribution in [0.1, 0.15) is 30.9 Å². The second kappa shape index (κ2) is 7.44. The molecule has 0 saturated carbocycles. The molecule has 2 aliphatic heterocycles. The largest absolute Gasteiger partial charge is 0.494 e. The summed E-state index contributed by atoms with van der Waals surface area (Å²) in [6, 6.07) is 0.528. The van der Waals surface area contributed by atoms with Crippen LogP contribution in [0.5, 0.6) is 5.75 Å². The number of carbonyl (C=O) groups excluding carboxylic acids is 1. The number of methoxy groups -OCH3 is 1. The average Bonchev–Trinajstić information content (AvgIpc) is 2.83. The van der Waals surface area contributed by atoms with Gasteiger partial charge in [0.1, 0.15) is 0 Å². The van der Waals surface area contributed by atoms with Gasteiger partial charge in [-0.2, -0.15) is 0 Å². The monoisotopic (exact) mass is 334 g/mol. The van der Waals surface area contributed by atoms with Crippen molar-refractivity contribution in [3.63, 3.8) is 0 Å². The zero-order chi connectivity index (χ0) is 17.1. The summed E-state index contributed by atoms with van der Waals surface area (Å²) in [7, 11) is 1.55. The molecule has 1 amide bonds. The normalized spacial score (nSPS) is 25.2. The van der Waals surface area contributed by atoms with Gasteiger partial charge >= 0.3 is 0 Å². The van der Waals surface area contributed by atoms with Crippen molar-refractivity contribution in [2.75, 3.05) is 39.9 Å². The first-order valence-corrected chi connectivity index (χ1v) is 8.59. The van der Waals surface area contributed by atoms with Gasteiger partial charge in [0.15, 0.2) is 5.75 Å². The Morgan fingerprint density at radius 2 is 2.04 bits per heavy atom. The maximum atomic E-state index is 12.6. The predicted molar refractivity (Wildman–Crippen MR) is 89.0 cm³/mol. The van der Waals surface area contributed by atoms with Crippen molar-refractivity contribution in [3.05, 3.63) is 18.2 Å². The van der Waals surface area contributed by atoms with Crippen molar-refractivity contribution in [2.45, 2.75) is 32.4 Å². The molecule has 7 heteroatoms. The highest BCUT2D eigenvalue weighted by atomic mass is 16.5. The van der Waals surface area contributed by atoms with Crippen LogP contribution in [-0.4, -0.2) is 77.7 Å². The fraction of sp³-hybridized carbons (Fsp3) is 0.706. The Morgan fingerprint density at radius 1 is 1.29 bits per heavy atom. The molecular formula is C17H26N4O3. The summed E-state index contributed by atoms with van der Waals surface area (Å²) in [5, 5.41) is 0. The first-order valence-electron chi connectivity index (χ1n) is 8.59. The Kier molecular flexibility index (Phi) is 5.30. The molecule has 3 heterocycles. The number of piperidine rings is 1. The van der Waals surface area contributed by atoms with Gasteiger partial charge in [0, 0.05) is 38.1 Å². The number of aromatic nitrogens is 2. The van der Waals surface area contributed by atoms with Gasteiger partial charge in [-0.05, 0) is 20.3 Å². The number of fused-ring (bicyclic) bond motifs is 1. The lowest BCUT2D eigenvalue weighted by Gasteiger charge is -2.38. The van der Waals surface area contributed by atoms with Gasteiger partial charge in [0.05, 0.1) is 32.2 Å². The quantitative estimate of drug-likeness (QED) is 0.823. The summed E-state index contributed by atoms with van der Waals surface area (Å²) >= 11 is 0. The third-order valence-corrected chi connectivity index (χ3v) is 4.95. The summed E-state index contributed by atoms with van der Waals surface area (Å²) in [4.78, 5) is 25.1. The molecule has 1 aromatic rings. The summed E-state index contributed by atoms with van der Waals surface area (Å²) in [6.07, 6.45) is 4.10. The standard InChI is InChI=1S/C17H26N4O3/c1-12(2)20-6-7-24-15-11-21(5-4-13(15)10-20)17(22)16-18-8-14(23-3)9-19-16/h8-9,12-13,15H,4-7,10-11H2,1-3H3. The van der Waals surface area contributed by atoms with Gasteiger partial charge in [-0.1, -0.05) is 0 Å². The molecule has 3 rings (SSSR count). The molecule has 24 heavy (non-hydrogen) atoms. The number of rotatable bonds is 3. The number of hydrogen-bond donors (Lipinski definition) is 0. The van der Waals surface area contributed by atoms with Crippen LogP contribution in [0.3, 0.4) is 0 Å². The van der Waals surface area contributed by atoms with E-state index in [0.29, 0.717) is 24.3 Å². The van der Waals surface area contributed by atoms with Crippen LogP contribution >= 0.6 is 0 Å². The van der Waals surface area contributed by atoms with E-state index in [1.54, 1.807) is 7.11 Å². The summed E-state index contributed by atoms with van der Waals surface area (Å²) in [5.41, 5.74) is 0. The van der Waals surface area contributed by atoms with Crippen LogP contribution in [0, 0.1) is 5.92 Å². The molecule has 2 atom stereocenters. The first-order chi connectivity index (χ1) is 11.6. The molecule has 2 unspecified atom stereocenters. The van der Waals surface area contributed by atoms with Gasteiger partial charge in [0.2, 0.25) is 5.82 Å². The topological polar surface area (TPSA) is 67.8 Å². The van der Waals surface area contributed by atoms with E-state index in [1.807, 2.05) is 4.90 Å². The maximum Gasteiger partial charge on any atom is 0.291 e. The van der Waals surface area contributed by atoms with Crippen LogP contribution < -0.4 is 4.74 Å². The molecule has 0 spiro atoms. The Hall–Kier alpha value is -1.73. The lowest BCUT2D eigenvalue weighted by atomic mass is 9.93. The summed E-state index contributed by atoms with van der Waals surface area (Å²) < 4.78 is 11.1. The van der Waals surface area contributed by atoms with E-state index in [2.05, 4.69) is 28.7 Å². The van der Waals surface area contributed by atoms with Crippen molar-refractivity contribution < 1.29 is 14.3 Å². The molecule has 7 nitrogen and oxygen atoms in total. The van der Waals surface area contributed by atoms with Crippen molar-refractivity contribution in [1.82, 2.24) is 19.8 Å². The number of amides is 1. The minimum atomic E-state index is -0.135. The summed E-state index contributed by atoms with van der Waals surface area (Å²) in [6.45, 7) is 8.51. The fourth-order valence-electron chi connectivity index (χ4n) is 3.40. The zero-order valence-corrected chi connectivity index (χ0v) is 14.6. The van der Waals surface area contributed by atoms with Crippen molar-refractivity contribution in [1.29, 1.82) is 0 Å². The Morgan fingerprint density at radius 3 is 2.71 bits per heavy atom. The van der Waals surface area contributed by atoms with E-state index in [1.165, 1.54) is 12.4 Å². The second-order valence-corrected chi connectivity index (χ2v) is 6.74. The van der Waals surface area contributed by atoms with Gasteiger partial charge in [-0.25, -0.2) is 9.97 Å². The van der Waals surface area contributed by atoms with E-state index >= 15 is 0 Å². The number of carbonyl (C=O) groups is 1. The highest BCUT2D eigenvalue weighted by Gasteiger charge is 2.36. The third kappa shape index (κ3) is 3.67. The minimum absolute atomic E-state index is 0.102. The fourth-order valence-corrected chi connectivity index (χ4v) is 3.40. The highest BCUT2D eigenvalue weighted by Crippen LogP contribution is 2.25. The molecule has 132 valence electrons.